The first-order chi connectivity index (χ1) is 9.01. The van der Waals surface area contributed by atoms with Gasteiger partial charge in [-0.3, -0.25) is 9.48 Å². The highest BCUT2D eigenvalue weighted by molar-refractivity contribution is 9.10. The number of ether oxygens (including phenoxy) is 1. The van der Waals surface area contributed by atoms with Gasteiger partial charge in [0.15, 0.2) is 5.78 Å². The molecular weight excluding hydrogens is 332 g/mol. The third-order valence-corrected chi connectivity index (χ3v) is 3.66. The number of hydrogen-bond donors (Lipinski definition) is 0. The summed E-state index contributed by atoms with van der Waals surface area (Å²) in [6.07, 6.45) is 1.65. The minimum Gasteiger partial charge on any atom is -0.496 e. The van der Waals surface area contributed by atoms with Gasteiger partial charge in [-0.15, -0.1) is 0 Å². The molecule has 1 aromatic heterocycles. The molecule has 0 atom stereocenters. The zero-order valence-electron chi connectivity index (χ0n) is 10.5. The molecule has 0 amide bonds. The largest absolute Gasteiger partial charge is 0.496 e. The Morgan fingerprint density at radius 3 is 2.79 bits per heavy atom. The molecule has 0 radical (unpaired) electrons. The molecule has 2 aromatic rings. The molecule has 0 unspecified atom stereocenters. The Bertz CT molecular complexity index is 606. The van der Waals surface area contributed by atoms with Crippen molar-refractivity contribution in [3.8, 4) is 5.75 Å². The van der Waals surface area contributed by atoms with Crippen LogP contribution >= 0.6 is 27.5 Å². The summed E-state index contributed by atoms with van der Waals surface area (Å²) < 4.78 is 7.41. The van der Waals surface area contributed by atoms with Crippen LogP contribution in [0.4, 0.5) is 0 Å². The topological polar surface area (TPSA) is 44.1 Å². The van der Waals surface area contributed by atoms with Crippen LogP contribution in [0, 0.1) is 6.92 Å². The van der Waals surface area contributed by atoms with E-state index < -0.39 is 0 Å². The number of ketones is 1. The van der Waals surface area contributed by atoms with E-state index in [-0.39, 0.29) is 12.3 Å². The van der Waals surface area contributed by atoms with E-state index in [2.05, 4.69) is 21.0 Å². The summed E-state index contributed by atoms with van der Waals surface area (Å²) in [5, 5.41) is 4.72. The molecule has 0 aliphatic heterocycles. The summed E-state index contributed by atoms with van der Waals surface area (Å²) in [4.78, 5) is 12.1. The molecule has 19 heavy (non-hydrogen) atoms. The van der Waals surface area contributed by atoms with Crippen molar-refractivity contribution in [2.24, 2.45) is 0 Å². The Hall–Kier alpha value is -1.33. The molecule has 100 valence electrons. The number of aromatic nitrogens is 2. The molecule has 0 bridgehead atoms. The smallest absolute Gasteiger partial charge is 0.184 e. The predicted molar refractivity (Wildman–Crippen MR) is 77.0 cm³/mol. The van der Waals surface area contributed by atoms with Gasteiger partial charge in [-0.05, 0) is 41.1 Å². The van der Waals surface area contributed by atoms with Crippen LogP contribution < -0.4 is 4.74 Å². The Kier molecular flexibility index (Phi) is 4.27. The lowest BCUT2D eigenvalue weighted by Gasteiger charge is -2.06. The fourth-order valence-corrected chi connectivity index (χ4v) is 2.34. The summed E-state index contributed by atoms with van der Waals surface area (Å²) in [5.41, 5.74) is 1.31. The maximum Gasteiger partial charge on any atom is 0.184 e. The Labute approximate surface area is 124 Å². The van der Waals surface area contributed by atoms with E-state index in [1.54, 1.807) is 38.4 Å². The lowest BCUT2D eigenvalue weighted by Crippen LogP contribution is -2.11. The molecule has 0 spiro atoms. The number of nitrogens with zero attached hydrogens (tertiary/aromatic N) is 2. The first kappa shape index (κ1) is 14.1. The maximum absolute atomic E-state index is 12.1. The van der Waals surface area contributed by atoms with E-state index in [4.69, 9.17) is 16.3 Å². The highest BCUT2D eigenvalue weighted by Gasteiger charge is 2.11. The highest BCUT2D eigenvalue weighted by Crippen LogP contribution is 2.25. The summed E-state index contributed by atoms with van der Waals surface area (Å²) in [6.45, 7) is 1.96. The third-order valence-electron chi connectivity index (χ3n) is 2.67. The van der Waals surface area contributed by atoms with E-state index in [9.17, 15) is 4.79 Å². The molecule has 0 saturated carbocycles. The number of aryl methyl sites for hydroxylation is 1. The van der Waals surface area contributed by atoms with Crippen LogP contribution in [0.25, 0.3) is 0 Å². The fraction of sp³-hybridized carbons (Fsp3) is 0.231. The second kappa shape index (κ2) is 5.75. The van der Waals surface area contributed by atoms with Gasteiger partial charge in [-0.2, -0.15) is 5.10 Å². The minimum atomic E-state index is -0.0393. The van der Waals surface area contributed by atoms with Crippen molar-refractivity contribution in [1.29, 1.82) is 0 Å². The van der Waals surface area contributed by atoms with Gasteiger partial charge in [0.25, 0.3) is 0 Å². The lowest BCUT2D eigenvalue weighted by molar-refractivity contribution is 0.0967. The normalized spacial score (nSPS) is 10.5. The molecule has 0 saturated heterocycles. The van der Waals surface area contributed by atoms with Crippen molar-refractivity contribution >= 4 is 33.3 Å². The lowest BCUT2D eigenvalue weighted by atomic mass is 10.1. The number of carbonyl (C=O) groups excluding carboxylic acids is 1. The Morgan fingerprint density at radius 1 is 1.53 bits per heavy atom. The Balaban J connectivity index is 2.18. The van der Waals surface area contributed by atoms with E-state index in [1.165, 1.54) is 4.68 Å². The van der Waals surface area contributed by atoms with Crippen molar-refractivity contribution in [2.45, 2.75) is 13.5 Å². The van der Waals surface area contributed by atoms with Gasteiger partial charge < -0.3 is 4.74 Å². The number of rotatable bonds is 4. The number of benzene rings is 1. The van der Waals surface area contributed by atoms with Gasteiger partial charge in [-0.1, -0.05) is 11.6 Å². The second-order valence-corrected chi connectivity index (χ2v) is 5.29. The average molecular weight is 344 g/mol. The molecule has 0 aliphatic carbocycles. The van der Waals surface area contributed by atoms with Gasteiger partial charge >= 0.3 is 0 Å². The standard InChI is InChI=1S/C13H12BrClN2O2/c1-8-11(15)6-17(16-8)7-12(18)9-3-4-13(19-2)10(14)5-9/h3-6H,7H2,1-2H3. The van der Waals surface area contributed by atoms with Gasteiger partial charge in [0, 0.05) is 11.8 Å². The van der Waals surface area contributed by atoms with E-state index in [0.29, 0.717) is 22.0 Å². The van der Waals surface area contributed by atoms with Crippen molar-refractivity contribution in [3.05, 3.63) is 45.1 Å². The third kappa shape index (κ3) is 3.16. The molecule has 4 nitrogen and oxygen atoms in total. The molecule has 0 fully saturated rings. The molecule has 2 rings (SSSR count). The van der Waals surface area contributed by atoms with Gasteiger partial charge in [0.05, 0.1) is 22.3 Å². The van der Waals surface area contributed by atoms with Crippen molar-refractivity contribution in [2.75, 3.05) is 7.11 Å². The van der Waals surface area contributed by atoms with Gasteiger partial charge in [0.1, 0.15) is 12.3 Å². The van der Waals surface area contributed by atoms with Crippen LogP contribution in [-0.2, 0) is 6.54 Å². The summed E-state index contributed by atoms with van der Waals surface area (Å²) in [5.74, 6) is 0.650. The van der Waals surface area contributed by atoms with Crippen molar-refractivity contribution < 1.29 is 9.53 Å². The Morgan fingerprint density at radius 2 is 2.26 bits per heavy atom. The molecule has 6 heteroatoms. The van der Waals surface area contributed by atoms with Gasteiger partial charge in [-0.25, -0.2) is 0 Å². The molecule has 0 N–H and O–H groups in total. The van der Waals surface area contributed by atoms with Crippen LogP contribution in [0.5, 0.6) is 5.75 Å². The molecule has 1 heterocycles. The second-order valence-electron chi connectivity index (χ2n) is 4.03. The zero-order chi connectivity index (χ0) is 14.0. The van der Waals surface area contributed by atoms with E-state index in [0.717, 1.165) is 4.47 Å². The number of hydrogen-bond acceptors (Lipinski definition) is 3. The summed E-state index contributed by atoms with van der Waals surface area (Å²) in [6, 6.07) is 5.21. The van der Waals surface area contributed by atoms with Crippen LogP contribution in [0.15, 0.2) is 28.9 Å². The van der Waals surface area contributed by atoms with Crippen molar-refractivity contribution in [3.63, 3.8) is 0 Å². The SMILES string of the molecule is COc1ccc(C(=O)Cn2cc(Cl)c(C)n2)cc1Br. The number of Topliss-reactive ketones (excluding diaryl/α,β-unsaturated/α-hetero) is 1. The number of carbonyl (C=O) groups is 1. The average Bonchev–Trinajstić information content (AvgIpc) is 2.68. The van der Waals surface area contributed by atoms with Crippen molar-refractivity contribution in [1.82, 2.24) is 9.78 Å². The fourth-order valence-electron chi connectivity index (χ4n) is 1.65. The number of methoxy groups -OCH3 is 1. The van der Waals surface area contributed by atoms with Crippen LogP contribution in [-0.4, -0.2) is 22.7 Å². The first-order valence-electron chi connectivity index (χ1n) is 5.57. The highest BCUT2D eigenvalue weighted by atomic mass is 79.9. The first-order valence-corrected chi connectivity index (χ1v) is 6.74. The van der Waals surface area contributed by atoms with Crippen LogP contribution in [0.3, 0.4) is 0 Å². The van der Waals surface area contributed by atoms with Crippen LogP contribution in [0.2, 0.25) is 5.02 Å². The minimum absolute atomic E-state index is 0.0393. The quantitative estimate of drug-likeness (QED) is 0.798. The predicted octanol–water partition coefficient (Wildman–Crippen LogP) is 3.50. The summed E-state index contributed by atoms with van der Waals surface area (Å²) in [7, 11) is 1.58. The molecule has 1 aromatic carbocycles. The van der Waals surface area contributed by atoms with Crippen LogP contribution in [0.1, 0.15) is 16.1 Å². The molecule has 0 aliphatic rings. The zero-order valence-corrected chi connectivity index (χ0v) is 12.8. The summed E-state index contributed by atoms with van der Waals surface area (Å²) >= 11 is 9.26. The van der Waals surface area contributed by atoms with E-state index in [1.807, 2.05) is 0 Å². The monoisotopic (exact) mass is 342 g/mol. The molecular formula is C13H12BrClN2O2. The van der Waals surface area contributed by atoms with E-state index >= 15 is 0 Å². The number of halogens is 2. The maximum atomic E-state index is 12.1. The van der Waals surface area contributed by atoms with Gasteiger partial charge in [0.2, 0.25) is 0 Å².